The van der Waals surface area contributed by atoms with Crippen LogP contribution >= 0.6 is 11.6 Å². The fourth-order valence-corrected chi connectivity index (χ4v) is 7.87. The first kappa shape index (κ1) is 22.4. The minimum Gasteiger partial charge on any atom is -0.296 e. The van der Waals surface area contributed by atoms with Crippen molar-refractivity contribution in [3.05, 3.63) is 34.3 Å². The van der Waals surface area contributed by atoms with Crippen LogP contribution in [0.3, 0.4) is 0 Å². The quantitative estimate of drug-likeness (QED) is 0.600. The molecule has 3 N–H and O–H groups in total. The van der Waals surface area contributed by atoms with Crippen LogP contribution in [0.4, 0.5) is 0 Å². The van der Waals surface area contributed by atoms with E-state index >= 15 is 0 Å². The predicted octanol–water partition coefficient (Wildman–Crippen LogP) is 1.24. The number of rotatable bonds is 6. The summed E-state index contributed by atoms with van der Waals surface area (Å²) in [6.45, 7) is 2.40. The van der Waals surface area contributed by atoms with E-state index in [0.29, 0.717) is 12.5 Å². The maximum absolute atomic E-state index is 13.1. The summed E-state index contributed by atoms with van der Waals surface area (Å²) in [5, 5.41) is 5.71. The van der Waals surface area contributed by atoms with Gasteiger partial charge < -0.3 is 0 Å². The van der Waals surface area contributed by atoms with Gasteiger partial charge in [0.1, 0.15) is 0 Å². The normalized spacial score (nSPS) is 27.9. The maximum atomic E-state index is 13.1. The summed E-state index contributed by atoms with van der Waals surface area (Å²) in [6.07, 6.45) is 3.79. The molecule has 168 valence electrons. The van der Waals surface area contributed by atoms with Gasteiger partial charge in [-0.1, -0.05) is 23.7 Å². The Morgan fingerprint density at radius 3 is 2.77 bits per heavy atom. The molecule has 1 aromatic carbocycles. The lowest BCUT2D eigenvalue weighted by Crippen LogP contribution is -2.57. The summed E-state index contributed by atoms with van der Waals surface area (Å²) in [7, 11) is -7.29. The lowest BCUT2D eigenvalue weighted by Gasteiger charge is -2.51. The van der Waals surface area contributed by atoms with Gasteiger partial charge in [-0.25, -0.2) is 18.3 Å². The molecule has 0 aliphatic carbocycles. The second kappa shape index (κ2) is 8.65. The van der Waals surface area contributed by atoms with Gasteiger partial charge in [0.05, 0.1) is 5.75 Å². The number of nitrogens with one attached hydrogen (secondary N) is 1. The van der Waals surface area contributed by atoms with E-state index in [1.807, 2.05) is 12.1 Å². The Bertz CT molecular complexity index is 1000. The summed E-state index contributed by atoms with van der Waals surface area (Å²) < 4.78 is 52.1. The molecule has 2 saturated heterocycles. The lowest BCUT2D eigenvalue weighted by atomic mass is 9.77. The van der Waals surface area contributed by atoms with Crippen LogP contribution in [0.15, 0.2) is 18.2 Å². The highest BCUT2D eigenvalue weighted by Crippen LogP contribution is 2.44. The highest BCUT2D eigenvalue weighted by molar-refractivity contribution is 7.89. The number of nitrogens with two attached hydrogens (primary N) is 1. The molecule has 30 heavy (non-hydrogen) atoms. The zero-order chi connectivity index (χ0) is 21.5. The Balaban J connectivity index is 1.50. The van der Waals surface area contributed by atoms with Crippen molar-refractivity contribution in [3.63, 3.8) is 0 Å². The topological polar surface area (TPSA) is 113 Å². The van der Waals surface area contributed by atoms with E-state index in [-0.39, 0.29) is 30.8 Å². The first-order valence-electron chi connectivity index (χ1n) is 10.4. The molecule has 1 aromatic rings. The first-order valence-corrected chi connectivity index (χ1v) is 14.0. The lowest BCUT2D eigenvalue weighted by molar-refractivity contribution is 0.0220. The van der Waals surface area contributed by atoms with Crippen molar-refractivity contribution in [1.29, 1.82) is 0 Å². The summed E-state index contributed by atoms with van der Waals surface area (Å²) in [6, 6.07) is 6.19. The van der Waals surface area contributed by atoms with Crippen LogP contribution in [0.5, 0.6) is 0 Å². The number of fused-ring (bicyclic) bond motifs is 4. The molecular formula is C19H29ClN4O4S2. The molecule has 0 saturated carbocycles. The maximum Gasteiger partial charge on any atom is 0.274 e. The molecule has 0 amide bonds. The van der Waals surface area contributed by atoms with Gasteiger partial charge in [0.15, 0.2) is 0 Å². The van der Waals surface area contributed by atoms with Crippen molar-refractivity contribution in [3.8, 4) is 0 Å². The molecule has 0 bridgehead atoms. The Labute approximate surface area is 184 Å². The fourth-order valence-electron chi connectivity index (χ4n) is 5.34. The van der Waals surface area contributed by atoms with Crippen molar-refractivity contribution in [1.82, 2.24) is 13.9 Å². The average Bonchev–Trinajstić information content (AvgIpc) is 2.69. The number of halogens is 1. The summed E-state index contributed by atoms with van der Waals surface area (Å²) >= 11 is 6.43. The monoisotopic (exact) mass is 476 g/mol. The van der Waals surface area contributed by atoms with Gasteiger partial charge in [0.25, 0.3) is 10.2 Å². The van der Waals surface area contributed by atoms with E-state index in [2.05, 4.69) is 15.7 Å². The van der Waals surface area contributed by atoms with E-state index in [4.69, 9.17) is 16.7 Å². The molecule has 2 fully saturated rings. The van der Waals surface area contributed by atoms with Crippen molar-refractivity contribution < 1.29 is 16.8 Å². The summed E-state index contributed by atoms with van der Waals surface area (Å²) in [5.41, 5.74) is 2.42. The molecule has 0 unspecified atom stereocenters. The third-order valence-corrected chi connectivity index (χ3v) is 9.58. The highest BCUT2D eigenvalue weighted by atomic mass is 35.5. The molecule has 0 radical (unpaired) electrons. The molecule has 0 aromatic heterocycles. The van der Waals surface area contributed by atoms with E-state index in [1.165, 1.54) is 11.1 Å². The zero-order valence-electron chi connectivity index (χ0n) is 16.8. The molecule has 3 heterocycles. The zero-order valence-corrected chi connectivity index (χ0v) is 19.2. The van der Waals surface area contributed by atoms with Crippen molar-refractivity contribution in [2.24, 2.45) is 11.1 Å². The van der Waals surface area contributed by atoms with Crippen molar-refractivity contribution in [2.45, 2.75) is 44.2 Å². The van der Waals surface area contributed by atoms with Gasteiger partial charge in [-0.2, -0.15) is 12.7 Å². The van der Waals surface area contributed by atoms with E-state index in [1.54, 1.807) is 4.31 Å². The number of piperidine rings is 2. The van der Waals surface area contributed by atoms with Gasteiger partial charge in [-0.15, -0.1) is 0 Å². The Kier molecular flexibility index (Phi) is 6.47. The van der Waals surface area contributed by atoms with Gasteiger partial charge in [-0.3, -0.25) is 4.90 Å². The minimum absolute atomic E-state index is 0.0161. The van der Waals surface area contributed by atoms with Gasteiger partial charge in [0.2, 0.25) is 10.0 Å². The molecule has 3 aliphatic heterocycles. The Morgan fingerprint density at radius 2 is 2.00 bits per heavy atom. The van der Waals surface area contributed by atoms with Gasteiger partial charge in [0, 0.05) is 43.3 Å². The highest BCUT2D eigenvalue weighted by Gasteiger charge is 2.45. The van der Waals surface area contributed by atoms with Gasteiger partial charge in [-0.05, 0) is 55.2 Å². The van der Waals surface area contributed by atoms with Crippen LogP contribution in [-0.4, -0.2) is 64.0 Å². The number of sulfonamides is 1. The third-order valence-electron chi connectivity index (χ3n) is 6.64. The van der Waals surface area contributed by atoms with Crippen LogP contribution in [-0.2, 0) is 26.7 Å². The minimum atomic E-state index is -3.81. The van der Waals surface area contributed by atoms with Crippen LogP contribution in [0.1, 0.15) is 42.9 Å². The van der Waals surface area contributed by atoms with Crippen LogP contribution in [0, 0.1) is 5.92 Å². The number of hydrogen-bond acceptors (Lipinski definition) is 5. The van der Waals surface area contributed by atoms with Gasteiger partial charge >= 0.3 is 0 Å². The standard InChI is InChI=1S/C19H29ClN4O4S2/c20-17-6-1-5-16-15(17)7-10-23-13-14-4-2-9-24(18(14)12-19(16)23)29(25,26)11-3-8-22-30(21,27)28/h1,5-6,14,18-19,22H,2-4,7-13H2,(H2,21,27,28)/t14-,18+,19+/m1/s1. The summed E-state index contributed by atoms with van der Waals surface area (Å²) in [5.74, 6) is 0.239. The number of hydrogen-bond donors (Lipinski definition) is 2. The fraction of sp³-hybridized carbons (Fsp3) is 0.684. The van der Waals surface area contributed by atoms with Crippen LogP contribution < -0.4 is 9.86 Å². The molecule has 3 aliphatic rings. The third kappa shape index (κ3) is 4.69. The smallest absolute Gasteiger partial charge is 0.274 e. The number of benzene rings is 1. The second-order valence-corrected chi connectivity index (χ2v) is 12.3. The Morgan fingerprint density at radius 1 is 1.20 bits per heavy atom. The van der Waals surface area contributed by atoms with E-state index in [0.717, 1.165) is 43.8 Å². The Hall–Kier alpha value is -0.750. The van der Waals surface area contributed by atoms with Crippen LogP contribution in [0.2, 0.25) is 5.02 Å². The predicted molar refractivity (Wildman–Crippen MR) is 117 cm³/mol. The van der Waals surface area contributed by atoms with Crippen molar-refractivity contribution in [2.75, 3.05) is 31.9 Å². The number of nitrogens with zero attached hydrogens (tertiary/aromatic N) is 2. The average molecular weight is 477 g/mol. The second-order valence-electron chi connectivity index (χ2n) is 8.49. The molecule has 0 spiro atoms. The summed E-state index contributed by atoms with van der Waals surface area (Å²) in [4.78, 5) is 2.49. The van der Waals surface area contributed by atoms with Crippen molar-refractivity contribution >= 4 is 31.8 Å². The van der Waals surface area contributed by atoms with Crippen LogP contribution in [0.25, 0.3) is 0 Å². The molecule has 3 atom stereocenters. The molecular weight excluding hydrogens is 448 g/mol. The van der Waals surface area contributed by atoms with E-state index in [9.17, 15) is 16.8 Å². The molecule has 4 rings (SSSR count). The van der Waals surface area contributed by atoms with E-state index < -0.39 is 20.2 Å². The largest absolute Gasteiger partial charge is 0.296 e. The molecule has 8 nitrogen and oxygen atoms in total. The first-order chi connectivity index (χ1) is 14.2. The molecule has 11 heteroatoms. The SMILES string of the molecule is NS(=O)(=O)NCCCS(=O)(=O)N1CCC[C@@H]2CN3CCc4c(Cl)cccc4[C@@H]3C[C@@H]21.